The van der Waals surface area contributed by atoms with Gasteiger partial charge in [0.15, 0.2) is 0 Å². The molecule has 1 spiro atoms. The number of carbonyl (C=O) groups excluding carboxylic acids is 1. The summed E-state index contributed by atoms with van der Waals surface area (Å²) in [6, 6.07) is 15.1. The molecule has 0 radical (unpaired) electrons. The molecule has 1 atom stereocenters. The fourth-order valence-electron chi connectivity index (χ4n) is 4.86. The lowest BCUT2D eigenvalue weighted by atomic mass is 9.78. The number of hydrogen-bond acceptors (Lipinski definition) is 5. The summed E-state index contributed by atoms with van der Waals surface area (Å²) >= 11 is 0. The molecule has 2 saturated heterocycles. The Morgan fingerprint density at radius 1 is 1.15 bits per heavy atom. The predicted octanol–water partition coefficient (Wildman–Crippen LogP) is 3.98. The van der Waals surface area contributed by atoms with Crippen LogP contribution in [0.1, 0.15) is 32.3 Å². The Balaban J connectivity index is 1.27. The number of aliphatic hydroxyl groups excluding tert-OH is 1. The molecular weight excluding hydrogens is 421 g/mol. The molecule has 0 aliphatic carbocycles. The summed E-state index contributed by atoms with van der Waals surface area (Å²) in [6.45, 7) is 8.40. The van der Waals surface area contributed by atoms with Crippen molar-refractivity contribution in [3.63, 3.8) is 0 Å². The molecule has 178 valence electrons. The largest absolute Gasteiger partial charge is 0.459 e. The Bertz CT molecular complexity index is 950. The van der Waals surface area contributed by atoms with E-state index in [1.165, 1.54) is 13.8 Å². The third kappa shape index (κ3) is 5.84. The number of anilines is 2. The lowest BCUT2D eigenvalue weighted by Gasteiger charge is -2.51. The van der Waals surface area contributed by atoms with E-state index >= 15 is 0 Å². The zero-order valence-corrected chi connectivity index (χ0v) is 19.7. The number of nitrogens with one attached hydrogen (secondary N) is 1. The van der Waals surface area contributed by atoms with Crippen LogP contribution in [0.4, 0.5) is 15.8 Å². The molecule has 0 bridgehead atoms. The van der Waals surface area contributed by atoms with E-state index in [4.69, 9.17) is 4.74 Å². The monoisotopic (exact) mass is 455 g/mol. The second-order valence-corrected chi connectivity index (χ2v) is 9.99. The Labute approximate surface area is 195 Å². The number of halogens is 1. The van der Waals surface area contributed by atoms with Crippen molar-refractivity contribution in [3.05, 3.63) is 54.1 Å². The van der Waals surface area contributed by atoms with Crippen molar-refractivity contribution in [2.75, 3.05) is 43.0 Å². The van der Waals surface area contributed by atoms with Crippen molar-refractivity contribution in [2.24, 2.45) is 5.41 Å². The first-order valence-corrected chi connectivity index (χ1v) is 11.6. The highest BCUT2D eigenvalue weighted by Gasteiger charge is 2.49. The summed E-state index contributed by atoms with van der Waals surface area (Å²) in [5.41, 5.74) is 3.22. The van der Waals surface area contributed by atoms with E-state index in [0.29, 0.717) is 5.75 Å². The van der Waals surface area contributed by atoms with Gasteiger partial charge in [0.1, 0.15) is 5.75 Å². The molecule has 0 aromatic heterocycles. The number of likely N-dealkylation sites (tertiary alicyclic amines) is 1. The molecule has 0 saturated carbocycles. The highest BCUT2D eigenvalue weighted by atomic mass is 19.2. The van der Waals surface area contributed by atoms with Gasteiger partial charge in [-0.25, -0.2) is 0 Å². The number of ether oxygens (including phenoxy) is 1. The van der Waals surface area contributed by atoms with Crippen LogP contribution < -0.4 is 15.0 Å². The smallest absolute Gasteiger partial charge is 0.242 e. The van der Waals surface area contributed by atoms with Crippen molar-refractivity contribution in [2.45, 2.75) is 45.5 Å². The first kappa shape index (κ1) is 23.5. The van der Waals surface area contributed by atoms with Gasteiger partial charge in [-0.15, -0.1) is 0 Å². The van der Waals surface area contributed by atoms with Crippen LogP contribution in [-0.2, 0) is 4.79 Å². The van der Waals surface area contributed by atoms with Crippen molar-refractivity contribution >= 4 is 17.3 Å². The summed E-state index contributed by atoms with van der Waals surface area (Å²) in [6.07, 6.45) is 1.35. The van der Waals surface area contributed by atoms with Crippen LogP contribution in [0.3, 0.4) is 0 Å². The van der Waals surface area contributed by atoms with Crippen LogP contribution in [0.5, 0.6) is 5.75 Å². The standard InChI is InChI=1S/C26H34FN3O3/c1-19-4-6-20(7-5-19)28-24(32)14-22(15-31)30-17-26(18-30)12-13-29(16-26)21-8-10-23(11-9-21)33-25(2,3)27/h4-11,22,31H,12-18H2,1-3H3,(H,28,32). The zero-order valence-electron chi connectivity index (χ0n) is 19.7. The van der Waals surface area contributed by atoms with Gasteiger partial charge in [0.25, 0.3) is 0 Å². The Morgan fingerprint density at radius 2 is 1.82 bits per heavy atom. The fourth-order valence-corrected chi connectivity index (χ4v) is 4.86. The lowest BCUT2D eigenvalue weighted by Crippen LogP contribution is -2.62. The molecule has 1 unspecified atom stereocenters. The Morgan fingerprint density at radius 3 is 2.42 bits per heavy atom. The fraction of sp³-hybridized carbons (Fsp3) is 0.500. The minimum atomic E-state index is -1.70. The summed E-state index contributed by atoms with van der Waals surface area (Å²) in [5, 5.41) is 12.8. The number of rotatable bonds is 8. The molecule has 4 rings (SSSR count). The highest BCUT2D eigenvalue weighted by molar-refractivity contribution is 5.91. The van der Waals surface area contributed by atoms with Gasteiger partial charge >= 0.3 is 0 Å². The van der Waals surface area contributed by atoms with E-state index in [9.17, 15) is 14.3 Å². The second kappa shape index (κ2) is 9.31. The zero-order chi connectivity index (χ0) is 23.6. The minimum Gasteiger partial charge on any atom is -0.459 e. The van der Waals surface area contributed by atoms with Gasteiger partial charge in [-0.3, -0.25) is 9.69 Å². The van der Waals surface area contributed by atoms with E-state index in [1.54, 1.807) is 0 Å². The molecule has 2 aliphatic heterocycles. The van der Waals surface area contributed by atoms with E-state index in [1.807, 2.05) is 55.5 Å². The summed E-state index contributed by atoms with van der Waals surface area (Å²) in [4.78, 5) is 17.1. The minimum absolute atomic E-state index is 0.0342. The number of carbonyl (C=O) groups is 1. The highest BCUT2D eigenvalue weighted by Crippen LogP contribution is 2.42. The average molecular weight is 456 g/mol. The molecule has 1 amide bonds. The van der Waals surface area contributed by atoms with Crippen molar-refractivity contribution in [3.8, 4) is 5.75 Å². The number of nitrogens with zero attached hydrogens (tertiary/aromatic N) is 2. The molecule has 33 heavy (non-hydrogen) atoms. The molecular formula is C26H34FN3O3. The van der Waals surface area contributed by atoms with Gasteiger partial charge in [-0.2, -0.15) is 4.39 Å². The number of amides is 1. The average Bonchev–Trinajstić information content (AvgIpc) is 3.18. The number of hydrogen-bond donors (Lipinski definition) is 2. The van der Waals surface area contributed by atoms with E-state index in [2.05, 4.69) is 15.1 Å². The van der Waals surface area contributed by atoms with Crippen molar-refractivity contribution in [1.29, 1.82) is 0 Å². The van der Waals surface area contributed by atoms with Crippen LogP contribution in [0, 0.1) is 12.3 Å². The number of aliphatic hydroxyl groups is 1. The van der Waals surface area contributed by atoms with Crippen LogP contribution in [-0.4, -0.2) is 60.6 Å². The van der Waals surface area contributed by atoms with Gasteiger partial charge in [0, 0.05) is 69.3 Å². The maximum atomic E-state index is 13.7. The quantitative estimate of drug-likeness (QED) is 0.630. The number of aryl methyl sites for hydroxylation is 1. The predicted molar refractivity (Wildman–Crippen MR) is 128 cm³/mol. The molecule has 7 heteroatoms. The van der Waals surface area contributed by atoms with Crippen LogP contribution >= 0.6 is 0 Å². The van der Waals surface area contributed by atoms with Gasteiger partial charge in [-0.05, 0) is 49.7 Å². The molecule has 2 aromatic carbocycles. The van der Waals surface area contributed by atoms with Crippen molar-refractivity contribution in [1.82, 2.24) is 4.90 Å². The maximum absolute atomic E-state index is 13.7. The van der Waals surface area contributed by atoms with Gasteiger partial charge in [0.2, 0.25) is 11.8 Å². The Kier molecular flexibility index (Phi) is 6.64. The lowest BCUT2D eigenvalue weighted by molar-refractivity contribution is -0.119. The first-order chi connectivity index (χ1) is 15.6. The topological polar surface area (TPSA) is 65.0 Å². The Hall–Kier alpha value is -2.64. The van der Waals surface area contributed by atoms with Crippen LogP contribution in [0.2, 0.25) is 0 Å². The number of alkyl halides is 1. The van der Waals surface area contributed by atoms with Gasteiger partial charge in [-0.1, -0.05) is 17.7 Å². The maximum Gasteiger partial charge on any atom is 0.242 e. The van der Waals surface area contributed by atoms with E-state index < -0.39 is 5.85 Å². The third-order valence-electron chi connectivity index (χ3n) is 6.56. The van der Waals surface area contributed by atoms with Crippen molar-refractivity contribution < 1.29 is 19.0 Å². The molecule has 2 aliphatic rings. The van der Waals surface area contributed by atoms with Gasteiger partial charge in [0.05, 0.1) is 6.61 Å². The molecule has 2 heterocycles. The van der Waals surface area contributed by atoms with Crippen LogP contribution in [0.25, 0.3) is 0 Å². The summed E-state index contributed by atoms with van der Waals surface area (Å²) in [7, 11) is 0. The molecule has 2 N–H and O–H groups in total. The van der Waals surface area contributed by atoms with E-state index in [-0.39, 0.29) is 30.4 Å². The van der Waals surface area contributed by atoms with Crippen LogP contribution in [0.15, 0.2) is 48.5 Å². The molecule has 2 aromatic rings. The first-order valence-electron chi connectivity index (χ1n) is 11.6. The summed E-state index contributed by atoms with van der Waals surface area (Å²) in [5.74, 6) is -1.26. The second-order valence-electron chi connectivity index (χ2n) is 9.99. The normalized spacial score (nSPS) is 18.8. The molecule has 2 fully saturated rings. The molecule has 6 nitrogen and oxygen atoms in total. The third-order valence-corrected chi connectivity index (χ3v) is 6.56. The number of benzene rings is 2. The van der Waals surface area contributed by atoms with Gasteiger partial charge < -0.3 is 20.1 Å². The van der Waals surface area contributed by atoms with E-state index in [0.717, 1.165) is 49.5 Å². The summed E-state index contributed by atoms with van der Waals surface area (Å²) < 4.78 is 19.0. The SMILES string of the molecule is Cc1ccc(NC(=O)CC(CO)N2CC3(CCN(c4ccc(OC(C)(C)F)cc4)C3)C2)cc1.